The van der Waals surface area contributed by atoms with Crippen LogP contribution < -0.4 is 11.5 Å². The minimum Gasteiger partial charge on any atom is -0.370 e. The van der Waals surface area contributed by atoms with Crippen LogP contribution in [0.1, 0.15) is 25.7 Å². The third-order valence-electron chi connectivity index (χ3n) is 2.35. The van der Waals surface area contributed by atoms with Crippen LogP contribution in [0.4, 0.5) is 0 Å². The molecule has 1 fully saturated rings. The fourth-order valence-electron chi connectivity index (χ4n) is 1.45. The first kappa shape index (κ1) is 8.04. The Morgan fingerprint density at radius 1 is 1.27 bits per heavy atom. The molecule has 4 nitrogen and oxygen atoms in total. The molecule has 0 aromatic carbocycles. The molecule has 0 atom stereocenters. The van der Waals surface area contributed by atoms with Crippen molar-refractivity contribution in [3.63, 3.8) is 0 Å². The van der Waals surface area contributed by atoms with Crippen LogP contribution in [0.2, 0.25) is 0 Å². The first-order chi connectivity index (χ1) is 5.07. The fraction of sp³-hybridized carbons (Fsp3) is 0.714. The highest BCUT2D eigenvalue weighted by Gasteiger charge is 2.43. The molecule has 0 radical (unpaired) electrons. The first-order valence-corrected chi connectivity index (χ1v) is 3.65. The van der Waals surface area contributed by atoms with E-state index in [9.17, 15) is 9.59 Å². The third-order valence-corrected chi connectivity index (χ3v) is 2.35. The van der Waals surface area contributed by atoms with Crippen LogP contribution >= 0.6 is 0 Å². The van der Waals surface area contributed by atoms with Crippen molar-refractivity contribution in [1.82, 2.24) is 0 Å². The Morgan fingerprint density at radius 2 is 1.82 bits per heavy atom. The van der Waals surface area contributed by atoms with E-state index in [1.807, 2.05) is 0 Å². The molecule has 0 bridgehead atoms. The molecule has 0 aromatic rings. The van der Waals surface area contributed by atoms with Crippen LogP contribution in [-0.2, 0) is 9.59 Å². The smallest absolute Gasteiger partial charge is 0.224 e. The summed E-state index contributed by atoms with van der Waals surface area (Å²) in [6.07, 6.45) is 2.51. The van der Waals surface area contributed by atoms with Gasteiger partial charge in [0, 0.05) is 6.42 Å². The fourth-order valence-corrected chi connectivity index (χ4v) is 1.45. The van der Waals surface area contributed by atoms with E-state index in [0.29, 0.717) is 12.8 Å². The van der Waals surface area contributed by atoms with Crippen molar-refractivity contribution in [2.45, 2.75) is 25.7 Å². The Kier molecular flexibility index (Phi) is 1.85. The molecule has 0 saturated heterocycles. The molecule has 2 amide bonds. The van der Waals surface area contributed by atoms with E-state index >= 15 is 0 Å². The molecule has 4 N–H and O–H groups in total. The molecule has 62 valence electrons. The summed E-state index contributed by atoms with van der Waals surface area (Å²) in [7, 11) is 0. The number of hydrogen-bond donors (Lipinski definition) is 2. The number of primary amides is 2. The monoisotopic (exact) mass is 156 g/mol. The summed E-state index contributed by atoms with van der Waals surface area (Å²) in [6.45, 7) is 0. The molecular formula is C7H12N2O2. The van der Waals surface area contributed by atoms with Gasteiger partial charge in [-0.2, -0.15) is 0 Å². The second kappa shape index (κ2) is 2.53. The van der Waals surface area contributed by atoms with Crippen LogP contribution in [-0.4, -0.2) is 11.8 Å². The van der Waals surface area contributed by atoms with Gasteiger partial charge in [0.15, 0.2) is 0 Å². The van der Waals surface area contributed by atoms with E-state index in [4.69, 9.17) is 11.5 Å². The van der Waals surface area contributed by atoms with Crippen molar-refractivity contribution in [1.29, 1.82) is 0 Å². The van der Waals surface area contributed by atoms with Crippen molar-refractivity contribution in [2.24, 2.45) is 16.9 Å². The third kappa shape index (κ3) is 1.34. The highest BCUT2D eigenvalue weighted by Crippen LogP contribution is 2.43. The van der Waals surface area contributed by atoms with Crippen LogP contribution in [0.15, 0.2) is 0 Å². The van der Waals surface area contributed by atoms with E-state index in [0.717, 1.165) is 6.42 Å². The van der Waals surface area contributed by atoms with Crippen LogP contribution in [0, 0.1) is 5.41 Å². The summed E-state index contributed by atoms with van der Waals surface area (Å²) in [5.41, 5.74) is 9.52. The quantitative estimate of drug-likeness (QED) is 0.578. The van der Waals surface area contributed by atoms with Gasteiger partial charge in [0.1, 0.15) is 0 Å². The molecule has 0 heterocycles. The van der Waals surface area contributed by atoms with Crippen LogP contribution in [0.25, 0.3) is 0 Å². The lowest BCUT2D eigenvalue weighted by Crippen LogP contribution is -2.45. The largest absolute Gasteiger partial charge is 0.370 e. The van der Waals surface area contributed by atoms with Gasteiger partial charge in [0.25, 0.3) is 0 Å². The molecule has 1 aliphatic rings. The topological polar surface area (TPSA) is 86.2 Å². The number of carbonyl (C=O) groups excluding carboxylic acids is 2. The molecule has 0 unspecified atom stereocenters. The van der Waals surface area contributed by atoms with Crippen molar-refractivity contribution in [2.75, 3.05) is 0 Å². The van der Waals surface area contributed by atoms with Crippen molar-refractivity contribution < 1.29 is 9.59 Å². The summed E-state index contributed by atoms with van der Waals surface area (Å²) in [5.74, 6) is -0.828. The molecule has 4 heteroatoms. The number of nitrogens with two attached hydrogens (primary N) is 2. The zero-order valence-electron chi connectivity index (χ0n) is 6.30. The van der Waals surface area contributed by atoms with Crippen molar-refractivity contribution in [3.8, 4) is 0 Å². The zero-order chi connectivity index (χ0) is 8.48. The van der Waals surface area contributed by atoms with E-state index in [-0.39, 0.29) is 12.3 Å². The Bertz CT molecular complexity index is 197. The zero-order valence-corrected chi connectivity index (χ0v) is 6.30. The van der Waals surface area contributed by atoms with Crippen LogP contribution in [0.5, 0.6) is 0 Å². The van der Waals surface area contributed by atoms with Gasteiger partial charge in [0.2, 0.25) is 11.8 Å². The second-order valence-corrected chi connectivity index (χ2v) is 3.14. The molecule has 1 rings (SSSR count). The molecule has 0 aromatic heterocycles. The predicted molar refractivity (Wildman–Crippen MR) is 39.3 cm³/mol. The van der Waals surface area contributed by atoms with Gasteiger partial charge in [0.05, 0.1) is 5.41 Å². The number of rotatable bonds is 3. The average Bonchev–Trinajstić information content (AvgIpc) is 1.77. The highest BCUT2D eigenvalue weighted by atomic mass is 16.2. The standard InChI is InChI=1S/C7H12N2O2/c8-5(10)4-7(6(9)11)2-1-3-7/h1-4H2,(H2,8,10)(H2,9,11). The Labute approximate surface area is 64.9 Å². The maximum absolute atomic E-state index is 10.9. The van der Waals surface area contributed by atoms with Gasteiger partial charge in [-0.05, 0) is 12.8 Å². The van der Waals surface area contributed by atoms with Gasteiger partial charge < -0.3 is 11.5 Å². The maximum atomic E-state index is 10.9. The van der Waals surface area contributed by atoms with E-state index in [1.165, 1.54) is 0 Å². The van der Waals surface area contributed by atoms with Gasteiger partial charge in [-0.1, -0.05) is 6.42 Å². The van der Waals surface area contributed by atoms with Crippen molar-refractivity contribution in [3.05, 3.63) is 0 Å². The molecular weight excluding hydrogens is 144 g/mol. The van der Waals surface area contributed by atoms with E-state index in [2.05, 4.69) is 0 Å². The van der Waals surface area contributed by atoms with Gasteiger partial charge in [-0.3, -0.25) is 9.59 Å². The Morgan fingerprint density at radius 3 is 1.91 bits per heavy atom. The van der Waals surface area contributed by atoms with Gasteiger partial charge in [-0.25, -0.2) is 0 Å². The number of amides is 2. The summed E-state index contributed by atoms with van der Waals surface area (Å²) in [6, 6.07) is 0. The average molecular weight is 156 g/mol. The lowest BCUT2D eigenvalue weighted by Gasteiger charge is -2.37. The highest BCUT2D eigenvalue weighted by molar-refractivity contribution is 5.88. The van der Waals surface area contributed by atoms with Gasteiger partial charge >= 0.3 is 0 Å². The number of carbonyl (C=O) groups is 2. The summed E-state index contributed by atoms with van der Waals surface area (Å²) >= 11 is 0. The second-order valence-electron chi connectivity index (χ2n) is 3.14. The van der Waals surface area contributed by atoms with E-state index in [1.54, 1.807) is 0 Å². The lowest BCUT2D eigenvalue weighted by atomic mass is 9.66. The summed E-state index contributed by atoms with van der Waals surface area (Å²) in [5, 5.41) is 0. The Balaban J connectivity index is 2.61. The van der Waals surface area contributed by atoms with E-state index < -0.39 is 11.3 Å². The predicted octanol–water partition coefficient (Wildman–Crippen LogP) is -0.483. The normalized spacial score (nSPS) is 20.4. The summed E-state index contributed by atoms with van der Waals surface area (Å²) < 4.78 is 0. The van der Waals surface area contributed by atoms with Crippen LogP contribution in [0.3, 0.4) is 0 Å². The molecule has 1 aliphatic carbocycles. The van der Waals surface area contributed by atoms with Gasteiger partial charge in [-0.15, -0.1) is 0 Å². The first-order valence-electron chi connectivity index (χ1n) is 3.65. The maximum Gasteiger partial charge on any atom is 0.224 e. The number of hydrogen-bond acceptors (Lipinski definition) is 2. The Hall–Kier alpha value is -1.06. The molecule has 0 spiro atoms. The molecule has 1 saturated carbocycles. The minimum atomic E-state index is -0.591. The summed E-state index contributed by atoms with van der Waals surface area (Å²) in [4.78, 5) is 21.4. The molecule has 11 heavy (non-hydrogen) atoms. The minimum absolute atomic E-state index is 0.113. The SMILES string of the molecule is NC(=O)CC1(C(N)=O)CCC1. The molecule has 0 aliphatic heterocycles. The van der Waals surface area contributed by atoms with Crippen molar-refractivity contribution >= 4 is 11.8 Å². The lowest BCUT2D eigenvalue weighted by molar-refractivity contribution is -0.138.